The minimum Gasteiger partial charge on any atom is -0.453 e. The molecule has 1 aliphatic rings. The summed E-state index contributed by atoms with van der Waals surface area (Å²) < 4.78 is 4.76. The fourth-order valence-corrected chi connectivity index (χ4v) is 2.73. The van der Waals surface area contributed by atoms with Crippen molar-refractivity contribution in [3.63, 3.8) is 0 Å². The molecule has 1 atom stereocenters. The average Bonchev–Trinajstić information content (AvgIpc) is 2.87. The Hall–Kier alpha value is -2.36. The highest BCUT2D eigenvalue weighted by Gasteiger charge is 2.37. The van der Waals surface area contributed by atoms with Gasteiger partial charge in [0, 0.05) is 13.0 Å². The van der Waals surface area contributed by atoms with Crippen molar-refractivity contribution in [3.05, 3.63) is 48.0 Å². The van der Waals surface area contributed by atoms with Crippen molar-refractivity contribution in [3.8, 4) is 0 Å². The van der Waals surface area contributed by atoms with Gasteiger partial charge in [0.2, 0.25) is 0 Å². The quantitative estimate of drug-likeness (QED) is 0.799. The summed E-state index contributed by atoms with van der Waals surface area (Å²) in [5.74, 6) is 0.0608. The molecule has 0 bridgehead atoms. The van der Waals surface area contributed by atoms with Gasteiger partial charge in [0.15, 0.2) is 5.78 Å². The molecule has 4 heteroatoms. The SMILES string of the molecule is COC(=O)N1CCC(=O)C1c1ccc2ccccc2c1. The number of benzene rings is 2. The summed E-state index contributed by atoms with van der Waals surface area (Å²) in [5, 5.41) is 2.18. The van der Waals surface area contributed by atoms with Gasteiger partial charge >= 0.3 is 6.09 Å². The van der Waals surface area contributed by atoms with Gasteiger partial charge in [0.25, 0.3) is 0 Å². The molecule has 1 unspecified atom stereocenters. The second-order valence-corrected chi connectivity index (χ2v) is 4.89. The molecule has 1 saturated heterocycles. The minimum absolute atomic E-state index is 0.0608. The van der Waals surface area contributed by atoms with Crippen molar-refractivity contribution >= 4 is 22.6 Å². The van der Waals surface area contributed by atoms with E-state index in [4.69, 9.17) is 4.74 Å². The van der Waals surface area contributed by atoms with E-state index in [1.54, 1.807) is 0 Å². The molecule has 0 aliphatic carbocycles. The van der Waals surface area contributed by atoms with Gasteiger partial charge in [-0.2, -0.15) is 0 Å². The summed E-state index contributed by atoms with van der Waals surface area (Å²) in [6.07, 6.45) is -0.0685. The summed E-state index contributed by atoms with van der Waals surface area (Å²) >= 11 is 0. The highest BCUT2D eigenvalue weighted by Crippen LogP contribution is 2.31. The molecule has 0 aromatic heterocycles. The molecule has 2 aromatic carbocycles. The zero-order valence-corrected chi connectivity index (χ0v) is 11.2. The first-order chi connectivity index (χ1) is 9.70. The Bertz CT molecular complexity index is 680. The maximum atomic E-state index is 12.1. The largest absolute Gasteiger partial charge is 0.453 e. The van der Waals surface area contributed by atoms with Crippen LogP contribution in [0.5, 0.6) is 0 Å². The number of methoxy groups -OCH3 is 1. The van der Waals surface area contributed by atoms with Crippen LogP contribution >= 0.6 is 0 Å². The van der Waals surface area contributed by atoms with E-state index in [9.17, 15) is 9.59 Å². The zero-order chi connectivity index (χ0) is 14.1. The van der Waals surface area contributed by atoms with Gasteiger partial charge in [-0.15, -0.1) is 0 Å². The van der Waals surface area contributed by atoms with E-state index < -0.39 is 12.1 Å². The van der Waals surface area contributed by atoms with E-state index in [0.29, 0.717) is 13.0 Å². The van der Waals surface area contributed by atoms with Crippen molar-refractivity contribution in [1.82, 2.24) is 4.90 Å². The minimum atomic E-state index is -0.521. The second-order valence-electron chi connectivity index (χ2n) is 4.89. The number of fused-ring (bicyclic) bond motifs is 1. The number of likely N-dealkylation sites (tertiary alicyclic amines) is 1. The van der Waals surface area contributed by atoms with E-state index in [-0.39, 0.29) is 5.78 Å². The van der Waals surface area contributed by atoms with Gasteiger partial charge in [0.1, 0.15) is 6.04 Å². The van der Waals surface area contributed by atoms with Crippen molar-refractivity contribution in [1.29, 1.82) is 0 Å². The van der Waals surface area contributed by atoms with Crippen LogP contribution in [0.3, 0.4) is 0 Å². The molecule has 1 amide bonds. The molecule has 1 aliphatic heterocycles. The average molecular weight is 269 g/mol. The van der Waals surface area contributed by atoms with Crippen LogP contribution in [-0.4, -0.2) is 30.4 Å². The molecule has 0 spiro atoms. The normalized spacial score (nSPS) is 18.6. The molecule has 0 N–H and O–H groups in total. The Balaban J connectivity index is 2.03. The van der Waals surface area contributed by atoms with Crippen molar-refractivity contribution in [2.75, 3.05) is 13.7 Å². The topological polar surface area (TPSA) is 46.6 Å². The first-order valence-electron chi connectivity index (χ1n) is 6.56. The Morgan fingerprint density at radius 3 is 2.70 bits per heavy atom. The number of Topliss-reactive ketones (excluding diaryl/α,β-unsaturated/α-hetero) is 1. The third-order valence-corrected chi connectivity index (χ3v) is 3.71. The number of amides is 1. The van der Waals surface area contributed by atoms with Crippen LogP contribution < -0.4 is 0 Å². The Kier molecular flexibility index (Phi) is 3.14. The number of carbonyl (C=O) groups excluding carboxylic acids is 2. The van der Waals surface area contributed by atoms with Gasteiger partial charge in [-0.1, -0.05) is 36.4 Å². The molecule has 0 saturated carbocycles. The van der Waals surface area contributed by atoms with E-state index in [2.05, 4.69) is 0 Å². The predicted molar refractivity (Wildman–Crippen MR) is 75.4 cm³/mol. The summed E-state index contributed by atoms with van der Waals surface area (Å²) in [6.45, 7) is 0.420. The Labute approximate surface area is 116 Å². The van der Waals surface area contributed by atoms with Crippen LogP contribution in [0, 0.1) is 0 Å². The lowest BCUT2D eigenvalue weighted by Crippen LogP contribution is -2.32. The third kappa shape index (κ3) is 2.03. The molecule has 4 nitrogen and oxygen atoms in total. The number of hydrogen-bond acceptors (Lipinski definition) is 3. The lowest BCUT2D eigenvalue weighted by Gasteiger charge is -2.22. The Morgan fingerprint density at radius 1 is 1.20 bits per heavy atom. The monoisotopic (exact) mass is 269 g/mol. The fraction of sp³-hybridized carbons (Fsp3) is 0.250. The van der Waals surface area contributed by atoms with Crippen molar-refractivity contribution in [2.24, 2.45) is 0 Å². The highest BCUT2D eigenvalue weighted by molar-refractivity contribution is 5.93. The number of ether oxygens (including phenoxy) is 1. The number of rotatable bonds is 1. The molecule has 0 radical (unpaired) electrons. The van der Waals surface area contributed by atoms with Crippen molar-refractivity contribution in [2.45, 2.75) is 12.5 Å². The molecular formula is C16H15NO3. The predicted octanol–water partition coefficient (Wildman–Crippen LogP) is 2.92. The van der Waals surface area contributed by atoms with Gasteiger partial charge < -0.3 is 4.74 Å². The smallest absolute Gasteiger partial charge is 0.410 e. The molecule has 102 valence electrons. The summed E-state index contributed by atoms with van der Waals surface area (Å²) in [6, 6.07) is 13.3. The van der Waals surface area contributed by atoms with Crippen LogP contribution in [0.15, 0.2) is 42.5 Å². The molecular weight excluding hydrogens is 254 g/mol. The standard InChI is InChI=1S/C16H15NO3/c1-20-16(19)17-9-8-14(18)15(17)13-7-6-11-4-2-3-5-12(11)10-13/h2-7,10,15H,8-9H2,1H3. The summed E-state index contributed by atoms with van der Waals surface area (Å²) in [5.41, 5.74) is 0.844. The first kappa shape index (κ1) is 12.7. The Morgan fingerprint density at radius 2 is 1.95 bits per heavy atom. The van der Waals surface area contributed by atoms with Crippen LogP contribution in [0.2, 0.25) is 0 Å². The van der Waals surface area contributed by atoms with E-state index in [1.807, 2.05) is 42.5 Å². The van der Waals surface area contributed by atoms with E-state index in [1.165, 1.54) is 12.0 Å². The lowest BCUT2D eigenvalue weighted by atomic mass is 10.00. The van der Waals surface area contributed by atoms with Crippen LogP contribution in [0.4, 0.5) is 4.79 Å². The summed E-state index contributed by atoms with van der Waals surface area (Å²) in [4.78, 5) is 25.3. The zero-order valence-electron chi connectivity index (χ0n) is 11.2. The lowest BCUT2D eigenvalue weighted by molar-refractivity contribution is -0.119. The molecule has 1 fully saturated rings. The number of ketones is 1. The fourth-order valence-electron chi connectivity index (χ4n) is 2.73. The second kappa shape index (κ2) is 4.96. The van der Waals surface area contributed by atoms with Gasteiger partial charge in [0.05, 0.1) is 7.11 Å². The van der Waals surface area contributed by atoms with Crippen molar-refractivity contribution < 1.29 is 14.3 Å². The van der Waals surface area contributed by atoms with E-state index in [0.717, 1.165) is 16.3 Å². The van der Waals surface area contributed by atoms with E-state index >= 15 is 0 Å². The van der Waals surface area contributed by atoms with Gasteiger partial charge in [-0.3, -0.25) is 9.69 Å². The summed E-state index contributed by atoms with van der Waals surface area (Å²) in [7, 11) is 1.34. The van der Waals surface area contributed by atoms with Crippen LogP contribution in [0.1, 0.15) is 18.0 Å². The van der Waals surface area contributed by atoms with Gasteiger partial charge in [-0.25, -0.2) is 4.79 Å². The number of nitrogens with zero attached hydrogens (tertiary/aromatic N) is 1. The molecule has 1 heterocycles. The maximum Gasteiger partial charge on any atom is 0.410 e. The number of carbonyl (C=O) groups is 2. The number of hydrogen-bond donors (Lipinski definition) is 0. The third-order valence-electron chi connectivity index (χ3n) is 3.71. The maximum absolute atomic E-state index is 12.1. The van der Waals surface area contributed by atoms with Crippen LogP contribution in [0.25, 0.3) is 10.8 Å². The van der Waals surface area contributed by atoms with Crippen LogP contribution in [-0.2, 0) is 9.53 Å². The van der Waals surface area contributed by atoms with Gasteiger partial charge in [-0.05, 0) is 22.4 Å². The first-order valence-corrected chi connectivity index (χ1v) is 6.56. The molecule has 2 aromatic rings. The highest BCUT2D eigenvalue weighted by atomic mass is 16.5. The molecule has 3 rings (SSSR count). The molecule has 20 heavy (non-hydrogen) atoms.